The Morgan fingerprint density at radius 1 is 1.06 bits per heavy atom. The smallest absolute Gasteiger partial charge is 0.362 e. The number of nitrogens with zero attached hydrogens (tertiary/aromatic N) is 7. The third-order valence-corrected chi connectivity index (χ3v) is 5.91. The number of imidazole rings is 1. The molecule has 0 radical (unpaired) electrons. The molecule has 11 heteroatoms. The van der Waals surface area contributed by atoms with Gasteiger partial charge in [-0.2, -0.15) is 13.2 Å². The average molecular weight is 493 g/mol. The molecule has 0 unspecified atom stereocenters. The number of alkyl halides is 3. The molecular weight excluding hydrogens is 471 g/mol. The number of carbonyl (C=O) groups is 1. The van der Waals surface area contributed by atoms with Gasteiger partial charge in [0.2, 0.25) is 5.91 Å². The summed E-state index contributed by atoms with van der Waals surface area (Å²) in [6, 6.07) is 10.6. The van der Waals surface area contributed by atoms with E-state index in [0.717, 1.165) is 22.9 Å². The average Bonchev–Trinajstić information content (AvgIpc) is 3.39. The van der Waals surface area contributed by atoms with E-state index < -0.39 is 11.9 Å². The molecular formula is C25H22F3N7O. The molecule has 0 spiro atoms. The fraction of sp³-hybridized carbons (Fsp3) is 0.240. The largest absolute Gasteiger partial charge is 0.434 e. The molecule has 8 nitrogen and oxygen atoms in total. The minimum absolute atomic E-state index is 0.0986. The van der Waals surface area contributed by atoms with Crippen molar-refractivity contribution in [2.24, 2.45) is 7.05 Å². The van der Waals surface area contributed by atoms with Crippen LogP contribution >= 0.6 is 0 Å². The zero-order valence-corrected chi connectivity index (χ0v) is 19.8. The first-order valence-electron chi connectivity index (χ1n) is 11.1. The van der Waals surface area contributed by atoms with Crippen LogP contribution in [0.5, 0.6) is 0 Å². The summed E-state index contributed by atoms with van der Waals surface area (Å²) in [6.07, 6.45) is 0.0212. The van der Waals surface area contributed by atoms with Gasteiger partial charge in [0.15, 0.2) is 11.5 Å². The van der Waals surface area contributed by atoms with Crippen LogP contribution in [-0.4, -0.2) is 44.5 Å². The molecule has 0 saturated heterocycles. The Hall–Kier alpha value is -4.28. The first-order chi connectivity index (χ1) is 17.1. The topological polar surface area (TPSA) is 80.0 Å². The maximum absolute atomic E-state index is 13.0. The molecule has 4 aromatic rings. The van der Waals surface area contributed by atoms with Crippen LogP contribution in [0.25, 0.3) is 22.8 Å². The SMILES string of the molecule is CN(C)c1ncccc1-c1ncc2c(n1)N(Cc1ccc(-c3nc(C(F)(F)F)cn3C)cc1)C(=O)C2. The van der Waals surface area contributed by atoms with Gasteiger partial charge in [-0.15, -0.1) is 0 Å². The van der Waals surface area contributed by atoms with Gasteiger partial charge in [0.25, 0.3) is 0 Å². The second kappa shape index (κ2) is 8.74. The third-order valence-electron chi connectivity index (χ3n) is 5.91. The van der Waals surface area contributed by atoms with Gasteiger partial charge in [-0.05, 0) is 17.7 Å². The van der Waals surface area contributed by atoms with E-state index in [1.807, 2.05) is 31.1 Å². The molecule has 0 N–H and O–H groups in total. The summed E-state index contributed by atoms with van der Waals surface area (Å²) in [4.78, 5) is 33.6. The van der Waals surface area contributed by atoms with Crippen molar-refractivity contribution in [1.82, 2.24) is 24.5 Å². The van der Waals surface area contributed by atoms with Gasteiger partial charge < -0.3 is 9.47 Å². The minimum Gasteiger partial charge on any atom is -0.362 e. The summed E-state index contributed by atoms with van der Waals surface area (Å²) >= 11 is 0. The predicted octanol–water partition coefficient (Wildman–Crippen LogP) is 4.11. The van der Waals surface area contributed by atoms with Crippen LogP contribution in [0.3, 0.4) is 0 Å². The number of hydrogen-bond acceptors (Lipinski definition) is 6. The summed E-state index contributed by atoms with van der Waals surface area (Å²) < 4.78 is 40.4. The number of hydrogen-bond donors (Lipinski definition) is 0. The highest BCUT2D eigenvalue weighted by molar-refractivity contribution is 6.00. The highest BCUT2D eigenvalue weighted by Crippen LogP contribution is 2.33. The molecule has 4 heterocycles. The van der Waals surface area contributed by atoms with Crippen LogP contribution in [0, 0.1) is 0 Å². The number of carbonyl (C=O) groups excluding carboxylic acids is 1. The van der Waals surface area contributed by atoms with E-state index >= 15 is 0 Å². The summed E-state index contributed by atoms with van der Waals surface area (Å²) in [5.74, 6) is 1.84. The van der Waals surface area contributed by atoms with Gasteiger partial charge >= 0.3 is 6.18 Å². The Balaban J connectivity index is 1.42. The van der Waals surface area contributed by atoms with Gasteiger partial charge in [0.1, 0.15) is 17.5 Å². The standard InChI is InChI=1S/C25H22F3N7O/c1-33(2)24-18(5-4-10-29-24)21-30-12-17-11-20(36)35(23(17)32-21)13-15-6-8-16(9-7-15)22-31-19(14-34(22)3)25(26,27)28/h4-10,12,14H,11,13H2,1-3H3. The van der Waals surface area contributed by atoms with Gasteiger partial charge in [-0.3, -0.25) is 9.69 Å². The van der Waals surface area contributed by atoms with E-state index in [1.54, 1.807) is 41.6 Å². The monoisotopic (exact) mass is 493 g/mol. The van der Waals surface area contributed by atoms with E-state index in [9.17, 15) is 18.0 Å². The fourth-order valence-corrected chi connectivity index (χ4v) is 4.17. The Labute approximate surface area is 205 Å². The second-order valence-corrected chi connectivity index (χ2v) is 8.72. The number of pyridine rings is 1. The quantitative estimate of drug-likeness (QED) is 0.416. The van der Waals surface area contributed by atoms with Crippen LogP contribution in [0.15, 0.2) is 55.0 Å². The Morgan fingerprint density at radius 3 is 2.47 bits per heavy atom. The number of fused-ring (bicyclic) bond motifs is 1. The molecule has 0 atom stereocenters. The number of aryl methyl sites for hydroxylation is 1. The molecule has 5 rings (SSSR count). The van der Waals surface area contributed by atoms with Crippen molar-refractivity contribution in [3.63, 3.8) is 0 Å². The molecule has 0 aliphatic carbocycles. The first kappa shape index (κ1) is 23.5. The van der Waals surface area contributed by atoms with Gasteiger partial charge in [0, 0.05) is 50.9 Å². The summed E-state index contributed by atoms with van der Waals surface area (Å²) in [7, 11) is 5.29. The number of anilines is 2. The number of amides is 1. The molecule has 1 aliphatic heterocycles. The normalized spacial score (nSPS) is 13.3. The Bertz CT molecular complexity index is 1450. The lowest BCUT2D eigenvalue weighted by Gasteiger charge is -2.18. The van der Waals surface area contributed by atoms with Crippen molar-refractivity contribution in [3.8, 4) is 22.8 Å². The zero-order valence-electron chi connectivity index (χ0n) is 19.8. The molecule has 36 heavy (non-hydrogen) atoms. The predicted molar refractivity (Wildman–Crippen MR) is 128 cm³/mol. The molecule has 1 aromatic carbocycles. The molecule has 0 fully saturated rings. The molecule has 184 valence electrons. The van der Waals surface area contributed by atoms with E-state index in [4.69, 9.17) is 4.98 Å². The van der Waals surface area contributed by atoms with Gasteiger partial charge in [-0.25, -0.2) is 19.9 Å². The summed E-state index contributed by atoms with van der Waals surface area (Å²) in [6.45, 7) is 0.268. The van der Waals surface area contributed by atoms with Crippen LogP contribution in [0.1, 0.15) is 16.8 Å². The summed E-state index contributed by atoms with van der Waals surface area (Å²) in [5, 5.41) is 0. The number of halogens is 3. The summed E-state index contributed by atoms with van der Waals surface area (Å²) in [5.41, 5.74) is 1.90. The lowest BCUT2D eigenvalue weighted by atomic mass is 10.1. The lowest BCUT2D eigenvalue weighted by Crippen LogP contribution is -2.26. The van der Waals surface area contributed by atoms with E-state index in [1.165, 1.54) is 11.6 Å². The van der Waals surface area contributed by atoms with Crippen molar-refractivity contribution in [1.29, 1.82) is 0 Å². The van der Waals surface area contributed by atoms with Crippen molar-refractivity contribution in [2.75, 3.05) is 23.9 Å². The van der Waals surface area contributed by atoms with E-state index in [-0.39, 0.29) is 24.7 Å². The van der Waals surface area contributed by atoms with Crippen molar-refractivity contribution >= 4 is 17.5 Å². The third kappa shape index (κ3) is 4.28. The van der Waals surface area contributed by atoms with Crippen LogP contribution in [-0.2, 0) is 31.0 Å². The molecule has 0 saturated carbocycles. The van der Waals surface area contributed by atoms with E-state index in [2.05, 4.69) is 15.0 Å². The van der Waals surface area contributed by atoms with Gasteiger partial charge in [-0.1, -0.05) is 24.3 Å². The van der Waals surface area contributed by atoms with Crippen molar-refractivity contribution in [3.05, 3.63) is 71.8 Å². The van der Waals surface area contributed by atoms with Crippen molar-refractivity contribution < 1.29 is 18.0 Å². The second-order valence-electron chi connectivity index (χ2n) is 8.72. The van der Waals surface area contributed by atoms with Crippen molar-refractivity contribution in [2.45, 2.75) is 19.1 Å². The maximum Gasteiger partial charge on any atom is 0.434 e. The minimum atomic E-state index is -4.51. The van der Waals surface area contributed by atoms with Gasteiger partial charge in [0.05, 0.1) is 18.5 Å². The van der Waals surface area contributed by atoms with Crippen LogP contribution < -0.4 is 9.80 Å². The molecule has 3 aromatic heterocycles. The highest BCUT2D eigenvalue weighted by atomic mass is 19.4. The zero-order chi connectivity index (χ0) is 25.6. The van der Waals surface area contributed by atoms with E-state index in [0.29, 0.717) is 23.0 Å². The maximum atomic E-state index is 13.0. The Kier molecular flexibility index (Phi) is 5.70. The lowest BCUT2D eigenvalue weighted by molar-refractivity contribution is -0.140. The van der Waals surface area contributed by atoms with Crippen LogP contribution in [0.2, 0.25) is 0 Å². The molecule has 1 aliphatic rings. The number of aromatic nitrogens is 5. The number of rotatable bonds is 5. The fourth-order valence-electron chi connectivity index (χ4n) is 4.17. The molecule has 1 amide bonds. The Morgan fingerprint density at radius 2 is 1.81 bits per heavy atom. The highest BCUT2D eigenvalue weighted by Gasteiger charge is 2.34. The number of benzene rings is 1. The first-order valence-corrected chi connectivity index (χ1v) is 11.1. The van der Waals surface area contributed by atoms with Crippen LogP contribution in [0.4, 0.5) is 24.8 Å². The molecule has 0 bridgehead atoms.